The number of sulfonamides is 1. The Labute approximate surface area is 124 Å². The van der Waals surface area contributed by atoms with Crippen LogP contribution >= 0.6 is 0 Å². The summed E-state index contributed by atoms with van der Waals surface area (Å²) in [6.07, 6.45) is 2.68. The van der Waals surface area contributed by atoms with Crippen molar-refractivity contribution in [1.82, 2.24) is 9.62 Å². The molecule has 1 aromatic rings. The first-order valence-electron chi connectivity index (χ1n) is 6.85. The number of piperidine rings is 1. The van der Waals surface area contributed by atoms with E-state index in [2.05, 4.69) is 5.32 Å². The van der Waals surface area contributed by atoms with Crippen LogP contribution < -0.4 is 5.32 Å². The maximum absolute atomic E-state index is 12.8. The molecule has 0 spiro atoms. The highest BCUT2D eigenvalue weighted by atomic mass is 32.2. The molecular formula is C14H19FN2O3S. The third-order valence-electron chi connectivity index (χ3n) is 3.70. The molecule has 1 aliphatic rings. The van der Waals surface area contributed by atoms with Gasteiger partial charge in [-0.05, 0) is 43.0 Å². The number of nitrogens with zero attached hydrogens (tertiary/aromatic N) is 1. The summed E-state index contributed by atoms with van der Waals surface area (Å²) in [7, 11) is -3.12. The van der Waals surface area contributed by atoms with Crippen molar-refractivity contribution in [3.63, 3.8) is 0 Å². The topological polar surface area (TPSA) is 66.5 Å². The van der Waals surface area contributed by atoms with Crippen molar-refractivity contribution in [2.24, 2.45) is 5.92 Å². The Morgan fingerprint density at radius 2 is 1.86 bits per heavy atom. The highest BCUT2D eigenvalue weighted by molar-refractivity contribution is 7.88. The van der Waals surface area contributed by atoms with Gasteiger partial charge in [-0.3, -0.25) is 4.79 Å². The molecule has 0 bridgehead atoms. The van der Waals surface area contributed by atoms with Crippen LogP contribution in [0.1, 0.15) is 23.2 Å². The van der Waals surface area contributed by atoms with Gasteiger partial charge in [-0.15, -0.1) is 0 Å². The van der Waals surface area contributed by atoms with Crippen LogP contribution in [-0.2, 0) is 10.0 Å². The van der Waals surface area contributed by atoms with Crippen LogP contribution in [0.25, 0.3) is 0 Å². The van der Waals surface area contributed by atoms with Gasteiger partial charge in [0, 0.05) is 25.2 Å². The first-order chi connectivity index (χ1) is 9.86. The summed E-state index contributed by atoms with van der Waals surface area (Å²) in [5.74, 6) is -0.340. The third-order valence-corrected chi connectivity index (χ3v) is 5.00. The van der Waals surface area contributed by atoms with Crippen LogP contribution in [0.15, 0.2) is 24.3 Å². The molecule has 0 aliphatic carbocycles. The molecule has 21 heavy (non-hydrogen) atoms. The monoisotopic (exact) mass is 314 g/mol. The molecule has 1 N–H and O–H groups in total. The Hall–Kier alpha value is -1.47. The van der Waals surface area contributed by atoms with Crippen molar-refractivity contribution in [3.05, 3.63) is 35.6 Å². The average molecular weight is 314 g/mol. The lowest BCUT2D eigenvalue weighted by Crippen LogP contribution is -2.41. The molecule has 0 atom stereocenters. The highest BCUT2D eigenvalue weighted by Gasteiger charge is 2.25. The van der Waals surface area contributed by atoms with Gasteiger partial charge in [0.1, 0.15) is 5.82 Å². The molecule has 2 rings (SSSR count). The summed E-state index contributed by atoms with van der Waals surface area (Å²) in [6.45, 7) is 1.50. The lowest BCUT2D eigenvalue weighted by atomic mass is 9.98. The summed E-state index contributed by atoms with van der Waals surface area (Å²) in [6, 6.07) is 5.38. The molecule has 1 aliphatic heterocycles. The van der Waals surface area contributed by atoms with Crippen LogP contribution in [0, 0.1) is 11.7 Å². The van der Waals surface area contributed by atoms with Gasteiger partial charge in [-0.25, -0.2) is 17.1 Å². The Morgan fingerprint density at radius 3 is 2.38 bits per heavy atom. The number of nitrogens with one attached hydrogen (secondary N) is 1. The molecule has 1 saturated heterocycles. The van der Waals surface area contributed by atoms with E-state index in [1.165, 1.54) is 34.8 Å². The summed E-state index contributed by atoms with van der Waals surface area (Å²) in [5, 5.41) is 2.81. The summed E-state index contributed by atoms with van der Waals surface area (Å²) >= 11 is 0. The lowest BCUT2D eigenvalue weighted by Gasteiger charge is -2.30. The van der Waals surface area contributed by atoms with Gasteiger partial charge in [-0.1, -0.05) is 0 Å². The van der Waals surface area contributed by atoms with Gasteiger partial charge in [0.25, 0.3) is 5.91 Å². The zero-order chi connectivity index (χ0) is 15.5. The number of hydrogen-bond donors (Lipinski definition) is 1. The fourth-order valence-electron chi connectivity index (χ4n) is 2.39. The van der Waals surface area contributed by atoms with Gasteiger partial charge in [0.2, 0.25) is 10.0 Å². The molecule has 0 radical (unpaired) electrons. The molecule has 5 nitrogen and oxygen atoms in total. The van der Waals surface area contributed by atoms with Gasteiger partial charge < -0.3 is 5.32 Å². The maximum Gasteiger partial charge on any atom is 0.251 e. The molecular weight excluding hydrogens is 295 g/mol. The SMILES string of the molecule is CS(=O)(=O)N1CCC(CNC(=O)c2ccc(F)cc2)CC1. The lowest BCUT2D eigenvalue weighted by molar-refractivity contribution is 0.0941. The third kappa shape index (κ3) is 4.50. The molecule has 0 saturated carbocycles. The molecule has 1 amide bonds. The van der Waals surface area contributed by atoms with Gasteiger partial charge in [0.05, 0.1) is 6.26 Å². The maximum atomic E-state index is 12.8. The Kier molecular flexibility index (Phi) is 4.95. The summed E-state index contributed by atoms with van der Waals surface area (Å²) in [4.78, 5) is 11.9. The van der Waals surface area contributed by atoms with E-state index in [-0.39, 0.29) is 17.6 Å². The van der Waals surface area contributed by atoms with Crippen LogP contribution in [0.3, 0.4) is 0 Å². The Morgan fingerprint density at radius 1 is 1.29 bits per heavy atom. The van der Waals surface area contributed by atoms with Crippen LogP contribution in [0.4, 0.5) is 4.39 Å². The minimum Gasteiger partial charge on any atom is -0.352 e. The van der Waals surface area contributed by atoms with E-state index in [1.807, 2.05) is 0 Å². The zero-order valence-corrected chi connectivity index (χ0v) is 12.7. The van der Waals surface area contributed by atoms with Crippen molar-refractivity contribution in [2.75, 3.05) is 25.9 Å². The molecule has 7 heteroatoms. The number of amides is 1. The average Bonchev–Trinajstić information content (AvgIpc) is 2.45. The predicted octanol–water partition coefficient (Wildman–Crippen LogP) is 1.23. The smallest absolute Gasteiger partial charge is 0.251 e. The van der Waals surface area contributed by atoms with Crippen molar-refractivity contribution >= 4 is 15.9 Å². The number of rotatable bonds is 4. The molecule has 0 aromatic heterocycles. The highest BCUT2D eigenvalue weighted by Crippen LogP contribution is 2.18. The minimum atomic E-state index is -3.12. The second-order valence-corrected chi connectivity index (χ2v) is 7.30. The fraction of sp³-hybridized carbons (Fsp3) is 0.500. The van der Waals surface area contributed by atoms with E-state index in [9.17, 15) is 17.6 Å². The van der Waals surface area contributed by atoms with Crippen LogP contribution in [0.2, 0.25) is 0 Å². The van der Waals surface area contributed by atoms with Gasteiger partial charge >= 0.3 is 0 Å². The van der Waals surface area contributed by atoms with E-state index < -0.39 is 10.0 Å². The minimum absolute atomic E-state index is 0.236. The summed E-state index contributed by atoms with van der Waals surface area (Å²) < 4.78 is 37.0. The first kappa shape index (κ1) is 15.9. The zero-order valence-electron chi connectivity index (χ0n) is 11.9. The number of benzene rings is 1. The molecule has 1 fully saturated rings. The number of carbonyl (C=O) groups excluding carboxylic acids is 1. The van der Waals surface area contributed by atoms with E-state index >= 15 is 0 Å². The number of hydrogen-bond acceptors (Lipinski definition) is 3. The quantitative estimate of drug-likeness (QED) is 0.909. The second kappa shape index (κ2) is 6.53. The standard InChI is InChI=1S/C14H19FN2O3S/c1-21(19,20)17-8-6-11(7-9-17)10-16-14(18)12-2-4-13(15)5-3-12/h2-5,11H,6-10H2,1H3,(H,16,18). The largest absolute Gasteiger partial charge is 0.352 e. The fourth-order valence-corrected chi connectivity index (χ4v) is 3.26. The molecule has 116 valence electrons. The van der Waals surface area contributed by atoms with Crippen molar-refractivity contribution in [1.29, 1.82) is 0 Å². The summed E-state index contributed by atoms with van der Waals surface area (Å²) in [5.41, 5.74) is 0.421. The number of halogens is 1. The van der Waals surface area contributed by atoms with Crippen molar-refractivity contribution in [2.45, 2.75) is 12.8 Å². The van der Waals surface area contributed by atoms with E-state index in [0.29, 0.717) is 25.2 Å². The van der Waals surface area contributed by atoms with Crippen LogP contribution in [-0.4, -0.2) is 44.5 Å². The van der Waals surface area contributed by atoms with E-state index in [4.69, 9.17) is 0 Å². The Bertz CT molecular complexity index is 593. The van der Waals surface area contributed by atoms with Crippen molar-refractivity contribution in [3.8, 4) is 0 Å². The van der Waals surface area contributed by atoms with Crippen LogP contribution in [0.5, 0.6) is 0 Å². The molecule has 1 aromatic carbocycles. The predicted molar refractivity (Wildman–Crippen MR) is 77.9 cm³/mol. The van der Waals surface area contributed by atoms with E-state index in [0.717, 1.165) is 12.8 Å². The second-order valence-electron chi connectivity index (χ2n) is 5.32. The van der Waals surface area contributed by atoms with Crippen molar-refractivity contribution < 1.29 is 17.6 Å². The first-order valence-corrected chi connectivity index (χ1v) is 8.70. The van der Waals surface area contributed by atoms with E-state index in [1.54, 1.807) is 0 Å². The normalized spacial score (nSPS) is 17.6. The Balaban J connectivity index is 1.79. The van der Waals surface area contributed by atoms with Gasteiger partial charge in [-0.2, -0.15) is 0 Å². The van der Waals surface area contributed by atoms with Gasteiger partial charge in [0.15, 0.2) is 0 Å². The molecule has 1 heterocycles. The molecule has 0 unspecified atom stereocenters. The number of carbonyl (C=O) groups is 1.